The van der Waals surface area contributed by atoms with Gasteiger partial charge in [0.05, 0.1) is 13.2 Å². The summed E-state index contributed by atoms with van der Waals surface area (Å²) in [5.74, 6) is -0.267. The van der Waals surface area contributed by atoms with Gasteiger partial charge in [-0.25, -0.2) is 0 Å². The minimum absolute atomic E-state index is 0. The number of morpholine rings is 1. The van der Waals surface area contributed by atoms with Crippen LogP contribution >= 0.6 is 28.3 Å². The largest absolute Gasteiger partial charge is 0.378 e. The van der Waals surface area contributed by atoms with Crippen molar-refractivity contribution in [2.24, 2.45) is 0 Å². The van der Waals surface area contributed by atoms with Crippen molar-refractivity contribution < 1.29 is 14.3 Å². The SMILES string of the molecule is Cl.O=C(CCNC(=O)C1COCCN1)Nc1ccc(Br)cc1. The zero-order chi connectivity index (χ0) is 15.1. The van der Waals surface area contributed by atoms with Gasteiger partial charge < -0.3 is 20.7 Å². The Balaban J connectivity index is 0.00000242. The lowest BCUT2D eigenvalue weighted by molar-refractivity contribution is -0.126. The average Bonchev–Trinajstić information content (AvgIpc) is 2.50. The molecule has 1 unspecified atom stereocenters. The maximum Gasteiger partial charge on any atom is 0.239 e. The minimum atomic E-state index is -0.326. The van der Waals surface area contributed by atoms with Crippen LogP contribution in [0.4, 0.5) is 5.69 Å². The van der Waals surface area contributed by atoms with Gasteiger partial charge in [-0.05, 0) is 24.3 Å². The molecule has 1 aromatic carbocycles. The third kappa shape index (κ3) is 6.31. The first kappa shape index (κ1) is 18.9. The first-order valence-electron chi connectivity index (χ1n) is 6.79. The van der Waals surface area contributed by atoms with Crippen LogP contribution in [0, 0.1) is 0 Å². The van der Waals surface area contributed by atoms with E-state index in [2.05, 4.69) is 31.9 Å². The molecule has 0 bridgehead atoms. The molecule has 0 spiro atoms. The van der Waals surface area contributed by atoms with E-state index in [-0.39, 0.29) is 36.7 Å². The van der Waals surface area contributed by atoms with E-state index in [4.69, 9.17) is 4.74 Å². The minimum Gasteiger partial charge on any atom is -0.378 e. The number of carbonyl (C=O) groups excluding carboxylic acids is 2. The maximum absolute atomic E-state index is 11.8. The lowest BCUT2D eigenvalue weighted by Crippen LogP contribution is -2.51. The second kappa shape index (κ2) is 9.78. The molecule has 0 aliphatic carbocycles. The number of hydrogen-bond acceptors (Lipinski definition) is 4. The molecule has 1 fully saturated rings. The van der Waals surface area contributed by atoms with E-state index in [9.17, 15) is 9.59 Å². The Bertz CT molecular complexity index is 493. The zero-order valence-corrected chi connectivity index (χ0v) is 14.3. The van der Waals surface area contributed by atoms with Crippen LogP contribution in [0.2, 0.25) is 0 Å². The van der Waals surface area contributed by atoms with Crippen LogP contribution in [0.15, 0.2) is 28.7 Å². The summed E-state index contributed by atoms with van der Waals surface area (Å²) >= 11 is 3.33. The second-order valence-electron chi connectivity index (χ2n) is 4.68. The number of carbonyl (C=O) groups is 2. The van der Waals surface area contributed by atoms with Gasteiger partial charge in [-0.1, -0.05) is 15.9 Å². The molecule has 1 aromatic rings. The number of anilines is 1. The van der Waals surface area contributed by atoms with E-state index in [1.807, 2.05) is 24.3 Å². The highest BCUT2D eigenvalue weighted by atomic mass is 79.9. The molecule has 1 atom stereocenters. The normalized spacial score (nSPS) is 17.2. The third-order valence-electron chi connectivity index (χ3n) is 3.02. The Labute approximate surface area is 143 Å². The number of amides is 2. The molecule has 1 heterocycles. The molecular weight excluding hydrogens is 374 g/mol. The second-order valence-corrected chi connectivity index (χ2v) is 5.59. The fourth-order valence-electron chi connectivity index (χ4n) is 1.91. The molecule has 1 aliphatic rings. The number of benzene rings is 1. The van der Waals surface area contributed by atoms with Crippen molar-refractivity contribution in [2.75, 3.05) is 31.6 Å². The van der Waals surface area contributed by atoms with E-state index >= 15 is 0 Å². The van der Waals surface area contributed by atoms with Crippen molar-refractivity contribution in [1.29, 1.82) is 0 Å². The molecular formula is C14H19BrClN3O3. The predicted octanol–water partition coefficient (Wildman–Crippen LogP) is 1.30. The van der Waals surface area contributed by atoms with E-state index in [1.54, 1.807) is 0 Å². The fourth-order valence-corrected chi connectivity index (χ4v) is 2.18. The van der Waals surface area contributed by atoms with Crippen molar-refractivity contribution in [3.05, 3.63) is 28.7 Å². The Kier molecular flexibility index (Phi) is 8.40. The van der Waals surface area contributed by atoms with Gasteiger partial charge in [0, 0.05) is 29.7 Å². The Morgan fingerprint density at radius 3 is 2.68 bits per heavy atom. The van der Waals surface area contributed by atoms with Gasteiger partial charge in [0.2, 0.25) is 11.8 Å². The predicted molar refractivity (Wildman–Crippen MR) is 90.3 cm³/mol. The summed E-state index contributed by atoms with van der Waals surface area (Å²) in [6, 6.07) is 7.00. The van der Waals surface area contributed by atoms with Crippen molar-refractivity contribution in [3.8, 4) is 0 Å². The Morgan fingerprint density at radius 2 is 2.05 bits per heavy atom. The topological polar surface area (TPSA) is 79.5 Å². The lowest BCUT2D eigenvalue weighted by atomic mass is 10.2. The highest BCUT2D eigenvalue weighted by Gasteiger charge is 2.20. The summed E-state index contributed by atoms with van der Waals surface area (Å²) in [5.41, 5.74) is 0.733. The van der Waals surface area contributed by atoms with Crippen LogP contribution in [0.5, 0.6) is 0 Å². The van der Waals surface area contributed by atoms with Gasteiger partial charge in [0.25, 0.3) is 0 Å². The molecule has 3 N–H and O–H groups in total. The molecule has 0 aromatic heterocycles. The van der Waals surface area contributed by atoms with Crippen LogP contribution < -0.4 is 16.0 Å². The van der Waals surface area contributed by atoms with Crippen LogP contribution in [-0.2, 0) is 14.3 Å². The summed E-state index contributed by atoms with van der Waals surface area (Å²) in [6.45, 7) is 1.97. The molecule has 22 heavy (non-hydrogen) atoms. The first-order valence-corrected chi connectivity index (χ1v) is 7.59. The monoisotopic (exact) mass is 391 g/mol. The summed E-state index contributed by atoms with van der Waals surface area (Å²) in [6.07, 6.45) is 0.232. The van der Waals surface area contributed by atoms with Gasteiger partial charge in [0.1, 0.15) is 6.04 Å². The smallest absolute Gasteiger partial charge is 0.239 e. The Hall–Kier alpha value is -1.15. The van der Waals surface area contributed by atoms with Crippen LogP contribution in [0.25, 0.3) is 0 Å². The van der Waals surface area contributed by atoms with Crippen molar-refractivity contribution in [2.45, 2.75) is 12.5 Å². The number of hydrogen-bond donors (Lipinski definition) is 3. The highest BCUT2D eigenvalue weighted by molar-refractivity contribution is 9.10. The molecule has 2 rings (SSSR count). The maximum atomic E-state index is 11.8. The summed E-state index contributed by atoms with van der Waals surface area (Å²) in [4.78, 5) is 23.5. The number of rotatable bonds is 5. The van der Waals surface area contributed by atoms with Crippen molar-refractivity contribution in [1.82, 2.24) is 10.6 Å². The number of halogens is 2. The molecule has 122 valence electrons. The van der Waals surface area contributed by atoms with Crippen LogP contribution in [-0.4, -0.2) is 44.2 Å². The molecule has 0 saturated carbocycles. The quantitative estimate of drug-likeness (QED) is 0.706. The van der Waals surface area contributed by atoms with Gasteiger partial charge in [-0.3, -0.25) is 9.59 Å². The standard InChI is InChI=1S/C14H18BrN3O3.ClH/c15-10-1-3-11(4-2-10)18-13(19)5-6-17-14(20)12-9-21-8-7-16-12;/h1-4,12,16H,5-9H2,(H,17,20)(H,18,19);1H. The van der Waals surface area contributed by atoms with E-state index in [1.165, 1.54) is 0 Å². The third-order valence-corrected chi connectivity index (χ3v) is 3.55. The molecule has 0 radical (unpaired) electrons. The van der Waals surface area contributed by atoms with Gasteiger partial charge in [-0.2, -0.15) is 0 Å². The lowest BCUT2D eigenvalue weighted by Gasteiger charge is -2.22. The van der Waals surface area contributed by atoms with Crippen LogP contribution in [0.3, 0.4) is 0 Å². The summed E-state index contributed by atoms with van der Waals surface area (Å²) in [7, 11) is 0. The number of ether oxygens (including phenoxy) is 1. The summed E-state index contributed by atoms with van der Waals surface area (Å²) < 4.78 is 6.17. The zero-order valence-electron chi connectivity index (χ0n) is 11.9. The van der Waals surface area contributed by atoms with Gasteiger partial charge >= 0.3 is 0 Å². The first-order chi connectivity index (χ1) is 10.1. The van der Waals surface area contributed by atoms with Crippen molar-refractivity contribution in [3.63, 3.8) is 0 Å². The number of nitrogens with one attached hydrogen (secondary N) is 3. The van der Waals surface area contributed by atoms with Crippen molar-refractivity contribution >= 4 is 45.8 Å². The highest BCUT2D eigenvalue weighted by Crippen LogP contribution is 2.14. The molecule has 1 aliphatic heterocycles. The fraction of sp³-hybridized carbons (Fsp3) is 0.429. The molecule has 2 amide bonds. The molecule has 1 saturated heterocycles. The van der Waals surface area contributed by atoms with Gasteiger partial charge in [0.15, 0.2) is 0 Å². The molecule has 6 nitrogen and oxygen atoms in total. The van der Waals surface area contributed by atoms with Gasteiger partial charge in [-0.15, -0.1) is 12.4 Å². The van der Waals surface area contributed by atoms with Crippen LogP contribution in [0.1, 0.15) is 6.42 Å². The molecule has 8 heteroatoms. The Morgan fingerprint density at radius 1 is 1.32 bits per heavy atom. The van der Waals surface area contributed by atoms with E-state index in [0.29, 0.717) is 26.3 Å². The van der Waals surface area contributed by atoms with E-state index in [0.717, 1.165) is 10.2 Å². The van der Waals surface area contributed by atoms with E-state index < -0.39 is 0 Å². The average molecular weight is 393 g/mol. The summed E-state index contributed by atoms with van der Waals surface area (Å²) in [5, 5.41) is 8.56.